The molecule has 1 heterocycles. The summed E-state index contributed by atoms with van der Waals surface area (Å²) >= 11 is 0. The highest BCUT2D eigenvalue weighted by Gasteiger charge is 2.49. The summed E-state index contributed by atoms with van der Waals surface area (Å²) in [4.78, 5) is 39.7. The molecule has 0 bridgehead atoms. The lowest BCUT2D eigenvalue weighted by atomic mass is 9.91. The van der Waals surface area contributed by atoms with Gasteiger partial charge in [-0.3, -0.25) is 14.5 Å². The molecule has 2 N–H and O–H groups in total. The predicted molar refractivity (Wildman–Crippen MR) is 123 cm³/mol. The van der Waals surface area contributed by atoms with Gasteiger partial charge in [0.1, 0.15) is 12.1 Å². The zero-order valence-corrected chi connectivity index (χ0v) is 19.0. The number of nitrogens with one attached hydrogen (secondary N) is 2. The van der Waals surface area contributed by atoms with Gasteiger partial charge in [0.25, 0.3) is 5.91 Å². The molecule has 6 heteroatoms. The minimum atomic E-state index is -1.17. The quantitative estimate of drug-likeness (QED) is 0.618. The van der Waals surface area contributed by atoms with E-state index >= 15 is 0 Å². The zero-order chi connectivity index (χ0) is 22.9. The van der Waals surface area contributed by atoms with Gasteiger partial charge in [-0.05, 0) is 55.7 Å². The molecule has 2 atom stereocenters. The maximum atomic E-state index is 13.2. The van der Waals surface area contributed by atoms with Gasteiger partial charge in [-0.1, -0.05) is 67.4 Å². The highest BCUT2D eigenvalue weighted by molar-refractivity contribution is 6.09. The number of imide groups is 1. The zero-order valence-electron chi connectivity index (χ0n) is 19.0. The molecule has 0 spiro atoms. The molecule has 1 aliphatic heterocycles. The second kappa shape index (κ2) is 8.77. The normalized spacial score (nSPS) is 21.4. The van der Waals surface area contributed by atoms with Crippen LogP contribution in [0.2, 0.25) is 0 Å². The number of carbonyl (C=O) groups excluding carboxylic acids is 3. The van der Waals surface area contributed by atoms with Crippen molar-refractivity contribution in [3.8, 4) is 0 Å². The van der Waals surface area contributed by atoms with Crippen molar-refractivity contribution in [2.24, 2.45) is 5.92 Å². The summed E-state index contributed by atoms with van der Waals surface area (Å²) < 4.78 is 0. The lowest BCUT2D eigenvalue weighted by Crippen LogP contribution is -2.44. The molecular weight excluding hydrogens is 402 g/mol. The second-order valence-corrected chi connectivity index (χ2v) is 9.19. The molecule has 168 valence electrons. The number of nitrogens with zero attached hydrogens (tertiary/aromatic N) is 1. The van der Waals surface area contributed by atoms with Crippen molar-refractivity contribution in [1.82, 2.24) is 15.5 Å². The summed E-state index contributed by atoms with van der Waals surface area (Å²) in [7, 11) is 0. The lowest BCUT2D eigenvalue weighted by molar-refractivity contribution is -0.135. The van der Waals surface area contributed by atoms with Gasteiger partial charge in [0.15, 0.2) is 0 Å². The third-order valence-corrected chi connectivity index (χ3v) is 6.49. The van der Waals surface area contributed by atoms with Crippen LogP contribution in [-0.2, 0) is 21.5 Å². The van der Waals surface area contributed by atoms with Crippen molar-refractivity contribution < 1.29 is 14.4 Å². The van der Waals surface area contributed by atoms with Gasteiger partial charge in [0.2, 0.25) is 5.91 Å². The molecule has 2 fully saturated rings. The minimum absolute atomic E-state index is 0.0960. The second-order valence-electron chi connectivity index (χ2n) is 9.19. The molecule has 32 heavy (non-hydrogen) atoms. The Morgan fingerprint density at radius 3 is 2.38 bits per heavy atom. The van der Waals surface area contributed by atoms with Gasteiger partial charge >= 0.3 is 6.03 Å². The molecule has 4 rings (SSSR count). The number of rotatable bonds is 8. The number of hydrogen-bond acceptors (Lipinski definition) is 3. The summed E-state index contributed by atoms with van der Waals surface area (Å²) in [5.74, 6) is -0.329. The van der Waals surface area contributed by atoms with Gasteiger partial charge in [-0.2, -0.15) is 0 Å². The van der Waals surface area contributed by atoms with Crippen LogP contribution in [0, 0.1) is 12.8 Å². The van der Waals surface area contributed by atoms with Gasteiger partial charge in [-0.25, -0.2) is 4.79 Å². The number of carbonyl (C=O) groups is 3. The van der Waals surface area contributed by atoms with Crippen LogP contribution < -0.4 is 10.6 Å². The third-order valence-electron chi connectivity index (χ3n) is 6.49. The van der Waals surface area contributed by atoms with Crippen LogP contribution in [0.15, 0.2) is 48.5 Å². The summed E-state index contributed by atoms with van der Waals surface area (Å²) in [5, 5.41) is 5.85. The van der Waals surface area contributed by atoms with E-state index in [0.29, 0.717) is 11.5 Å². The highest BCUT2D eigenvalue weighted by atomic mass is 16.2. The van der Waals surface area contributed by atoms with E-state index in [1.54, 1.807) is 6.92 Å². The third kappa shape index (κ3) is 4.40. The molecular formula is C26H31N3O3. The molecule has 0 aromatic heterocycles. The maximum absolute atomic E-state index is 13.2. The van der Waals surface area contributed by atoms with Crippen molar-refractivity contribution in [2.45, 2.75) is 58.0 Å². The van der Waals surface area contributed by atoms with E-state index < -0.39 is 17.5 Å². The summed E-state index contributed by atoms with van der Waals surface area (Å²) in [6.45, 7) is 5.55. The smallest absolute Gasteiger partial charge is 0.325 e. The van der Waals surface area contributed by atoms with Crippen LogP contribution in [0.3, 0.4) is 0 Å². The van der Waals surface area contributed by atoms with Gasteiger partial charge in [-0.15, -0.1) is 0 Å². The average Bonchev–Trinajstić information content (AvgIpc) is 3.59. The molecule has 1 saturated heterocycles. The first kappa shape index (κ1) is 22.1. The summed E-state index contributed by atoms with van der Waals surface area (Å²) in [6, 6.07) is 15.2. The Hall–Kier alpha value is -3.15. The highest BCUT2D eigenvalue weighted by Crippen LogP contribution is 2.41. The molecule has 2 aromatic carbocycles. The van der Waals surface area contributed by atoms with Crippen LogP contribution >= 0.6 is 0 Å². The van der Waals surface area contributed by atoms with Gasteiger partial charge in [0, 0.05) is 0 Å². The Labute approximate surface area is 189 Å². The monoisotopic (exact) mass is 433 g/mol. The number of benzene rings is 2. The van der Waals surface area contributed by atoms with E-state index in [9.17, 15) is 14.4 Å². The average molecular weight is 434 g/mol. The predicted octanol–water partition coefficient (Wildman–Crippen LogP) is 3.98. The largest absolute Gasteiger partial charge is 0.347 e. The Morgan fingerprint density at radius 2 is 1.78 bits per heavy atom. The van der Waals surface area contributed by atoms with Crippen LogP contribution in [0.1, 0.15) is 61.4 Å². The van der Waals surface area contributed by atoms with Crippen molar-refractivity contribution in [2.75, 3.05) is 6.54 Å². The maximum Gasteiger partial charge on any atom is 0.325 e. The van der Waals surface area contributed by atoms with Crippen molar-refractivity contribution in [3.63, 3.8) is 0 Å². The molecule has 4 amide bonds. The van der Waals surface area contributed by atoms with E-state index in [1.165, 1.54) is 5.56 Å². The Bertz CT molecular complexity index is 1010. The van der Waals surface area contributed by atoms with Gasteiger partial charge in [0.05, 0.1) is 6.04 Å². The van der Waals surface area contributed by atoms with Crippen molar-refractivity contribution in [1.29, 1.82) is 0 Å². The Morgan fingerprint density at radius 1 is 1.12 bits per heavy atom. The first-order valence-electron chi connectivity index (χ1n) is 11.4. The molecule has 6 nitrogen and oxygen atoms in total. The van der Waals surface area contributed by atoms with Crippen molar-refractivity contribution >= 4 is 17.8 Å². The molecule has 0 radical (unpaired) electrons. The molecule has 2 aromatic rings. The standard InChI is InChI=1S/C26H31N3O3/c1-4-5-18-8-14-21(15-9-18)26(3)24(31)29(25(32)28-26)16-22(30)27-23(20-12-13-20)19-10-6-17(2)7-11-19/h6-11,14-15,20,23H,4-5,12-13,16H2,1-3H3,(H,27,30)(H,28,32). The molecule has 2 aliphatic rings. The number of urea groups is 1. The SMILES string of the molecule is CCCc1ccc(C2(C)NC(=O)N(CC(=O)NC(c3ccc(C)cc3)C3CC3)C2=O)cc1. The van der Waals surface area contributed by atoms with Crippen LogP contribution in [0.25, 0.3) is 0 Å². The van der Waals surface area contributed by atoms with Crippen LogP contribution in [0.4, 0.5) is 4.79 Å². The Balaban J connectivity index is 1.45. The number of hydrogen-bond donors (Lipinski definition) is 2. The fraction of sp³-hybridized carbons (Fsp3) is 0.423. The number of amides is 4. The molecule has 1 aliphatic carbocycles. The Kier molecular flexibility index (Phi) is 6.04. The van der Waals surface area contributed by atoms with E-state index in [-0.39, 0.29) is 18.5 Å². The van der Waals surface area contributed by atoms with Crippen LogP contribution in [-0.4, -0.2) is 29.3 Å². The fourth-order valence-corrected chi connectivity index (χ4v) is 4.37. The first-order chi connectivity index (χ1) is 15.3. The summed E-state index contributed by atoms with van der Waals surface area (Å²) in [5.41, 5.74) is 2.95. The molecule has 1 saturated carbocycles. The topological polar surface area (TPSA) is 78.5 Å². The van der Waals surface area contributed by atoms with Crippen molar-refractivity contribution in [3.05, 3.63) is 70.8 Å². The van der Waals surface area contributed by atoms with Gasteiger partial charge < -0.3 is 10.6 Å². The lowest BCUT2D eigenvalue weighted by Gasteiger charge is -2.23. The van der Waals surface area contributed by atoms with E-state index in [1.807, 2.05) is 55.5 Å². The minimum Gasteiger partial charge on any atom is -0.347 e. The van der Waals surface area contributed by atoms with Crippen LogP contribution in [0.5, 0.6) is 0 Å². The number of aryl methyl sites for hydroxylation is 2. The summed E-state index contributed by atoms with van der Waals surface area (Å²) in [6.07, 6.45) is 4.13. The van der Waals surface area contributed by atoms with E-state index in [2.05, 4.69) is 17.6 Å². The van der Waals surface area contributed by atoms with E-state index in [4.69, 9.17) is 0 Å². The van der Waals surface area contributed by atoms with E-state index in [0.717, 1.165) is 41.7 Å². The fourth-order valence-electron chi connectivity index (χ4n) is 4.37. The molecule has 2 unspecified atom stereocenters. The first-order valence-corrected chi connectivity index (χ1v) is 11.4.